The van der Waals surface area contributed by atoms with Gasteiger partial charge in [0.1, 0.15) is 6.04 Å². The molecule has 0 fully saturated rings. The van der Waals surface area contributed by atoms with Gasteiger partial charge in [0.05, 0.1) is 5.69 Å². The first-order chi connectivity index (χ1) is 9.97. The van der Waals surface area contributed by atoms with Crippen molar-refractivity contribution in [1.82, 2.24) is 0 Å². The summed E-state index contributed by atoms with van der Waals surface area (Å²) < 4.78 is 2.71. The Balaban J connectivity index is 2.08. The number of benzene rings is 2. The summed E-state index contributed by atoms with van der Waals surface area (Å²) in [6.07, 6.45) is 0. The van der Waals surface area contributed by atoms with Crippen LogP contribution in [0.3, 0.4) is 0 Å². The highest BCUT2D eigenvalue weighted by molar-refractivity contribution is 9.11. The van der Waals surface area contributed by atoms with Crippen LogP contribution in [0.4, 0.5) is 11.4 Å². The molecule has 0 saturated heterocycles. The molecule has 0 aliphatic heterocycles. The summed E-state index contributed by atoms with van der Waals surface area (Å²) in [7, 11) is 0. The van der Waals surface area contributed by atoms with E-state index in [1.807, 2.05) is 49.4 Å². The molecule has 1 amide bonds. The molecule has 0 heterocycles. The second kappa shape index (κ2) is 7.42. The van der Waals surface area contributed by atoms with E-state index < -0.39 is 0 Å². The van der Waals surface area contributed by atoms with Gasteiger partial charge in [-0.1, -0.05) is 34.1 Å². The minimum Gasteiger partial charge on any atom is -0.372 e. The van der Waals surface area contributed by atoms with Crippen LogP contribution < -0.4 is 10.6 Å². The Hall–Kier alpha value is -0.850. The number of amides is 1. The van der Waals surface area contributed by atoms with Crippen molar-refractivity contribution in [3.63, 3.8) is 0 Å². The standard InChI is InChI=1S/C15H13Br3N2O/c1-9(15(21)20-11-5-3-2-4-6-11)19-14-12(17)7-10(16)8-13(14)18/h2-9,19H,1H3,(H,20,21). The molecule has 0 aliphatic rings. The van der Waals surface area contributed by atoms with E-state index in [0.29, 0.717) is 0 Å². The fourth-order valence-corrected chi connectivity index (χ4v) is 4.22. The summed E-state index contributed by atoms with van der Waals surface area (Å²) in [4.78, 5) is 12.2. The van der Waals surface area contributed by atoms with Crippen molar-refractivity contribution in [3.8, 4) is 0 Å². The highest BCUT2D eigenvalue weighted by Gasteiger charge is 2.16. The quantitative estimate of drug-likeness (QED) is 0.619. The Morgan fingerprint density at radius 2 is 1.62 bits per heavy atom. The minimum atomic E-state index is -0.376. The van der Waals surface area contributed by atoms with Crippen LogP contribution >= 0.6 is 47.8 Å². The number of rotatable bonds is 4. The third kappa shape index (κ3) is 4.56. The molecule has 0 aliphatic carbocycles. The van der Waals surface area contributed by atoms with Crippen LogP contribution in [0.5, 0.6) is 0 Å². The second-order valence-electron chi connectivity index (χ2n) is 4.47. The third-order valence-electron chi connectivity index (χ3n) is 2.80. The summed E-state index contributed by atoms with van der Waals surface area (Å²) in [5.41, 5.74) is 1.62. The number of carbonyl (C=O) groups excluding carboxylic acids is 1. The maximum atomic E-state index is 12.2. The van der Waals surface area contributed by atoms with Gasteiger partial charge in [0, 0.05) is 19.1 Å². The maximum absolute atomic E-state index is 12.2. The molecule has 0 aromatic heterocycles. The Kier molecular flexibility index (Phi) is 5.84. The van der Waals surface area contributed by atoms with Crippen LogP contribution in [0.25, 0.3) is 0 Å². The van der Waals surface area contributed by atoms with Crippen molar-refractivity contribution in [3.05, 3.63) is 55.9 Å². The molecule has 0 bridgehead atoms. The van der Waals surface area contributed by atoms with E-state index in [2.05, 4.69) is 58.4 Å². The van der Waals surface area contributed by atoms with Gasteiger partial charge in [-0.2, -0.15) is 0 Å². The second-order valence-corrected chi connectivity index (χ2v) is 7.09. The molecule has 0 spiro atoms. The Morgan fingerprint density at radius 1 is 1.05 bits per heavy atom. The Labute approximate surface area is 148 Å². The highest BCUT2D eigenvalue weighted by Crippen LogP contribution is 2.34. The van der Waals surface area contributed by atoms with Crippen LogP contribution in [-0.4, -0.2) is 11.9 Å². The number of nitrogens with one attached hydrogen (secondary N) is 2. The fraction of sp³-hybridized carbons (Fsp3) is 0.133. The number of halogens is 3. The van der Waals surface area contributed by atoms with Crippen LogP contribution in [0.15, 0.2) is 55.9 Å². The molecule has 21 heavy (non-hydrogen) atoms. The van der Waals surface area contributed by atoms with Crippen LogP contribution in [0.2, 0.25) is 0 Å². The lowest BCUT2D eigenvalue weighted by Gasteiger charge is -2.18. The van der Waals surface area contributed by atoms with Gasteiger partial charge in [-0.25, -0.2) is 0 Å². The molecular formula is C15H13Br3N2O. The molecule has 2 N–H and O–H groups in total. The molecule has 0 saturated carbocycles. The van der Waals surface area contributed by atoms with E-state index >= 15 is 0 Å². The number of anilines is 2. The molecule has 0 radical (unpaired) electrons. The predicted molar refractivity (Wildman–Crippen MR) is 97.7 cm³/mol. The molecule has 1 unspecified atom stereocenters. The first kappa shape index (κ1) is 16.5. The molecular weight excluding hydrogens is 464 g/mol. The lowest BCUT2D eigenvalue weighted by atomic mass is 10.2. The molecule has 110 valence electrons. The Morgan fingerprint density at radius 3 is 2.19 bits per heavy atom. The van der Waals surface area contributed by atoms with Gasteiger partial charge in [-0.3, -0.25) is 4.79 Å². The summed E-state index contributed by atoms with van der Waals surface area (Å²) in [5.74, 6) is -0.0945. The van der Waals surface area contributed by atoms with Crippen molar-refractivity contribution in [2.75, 3.05) is 10.6 Å². The molecule has 3 nitrogen and oxygen atoms in total. The maximum Gasteiger partial charge on any atom is 0.246 e. The number of hydrogen-bond acceptors (Lipinski definition) is 2. The number of carbonyl (C=O) groups is 1. The molecule has 6 heteroatoms. The number of hydrogen-bond donors (Lipinski definition) is 2. The largest absolute Gasteiger partial charge is 0.372 e. The van der Waals surface area contributed by atoms with Gasteiger partial charge in [0.2, 0.25) is 5.91 Å². The van der Waals surface area contributed by atoms with Crippen molar-refractivity contribution in [2.45, 2.75) is 13.0 Å². The topological polar surface area (TPSA) is 41.1 Å². The monoisotopic (exact) mass is 474 g/mol. The highest BCUT2D eigenvalue weighted by atomic mass is 79.9. The van der Waals surface area contributed by atoms with E-state index in [4.69, 9.17) is 0 Å². The smallest absolute Gasteiger partial charge is 0.246 e. The molecule has 2 aromatic rings. The third-order valence-corrected chi connectivity index (χ3v) is 4.51. The van der Waals surface area contributed by atoms with Crippen LogP contribution in [-0.2, 0) is 4.79 Å². The first-order valence-electron chi connectivity index (χ1n) is 6.24. The van der Waals surface area contributed by atoms with Gasteiger partial charge in [-0.15, -0.1) is 0 Å². The predicted octanol–water partition coefficient (Wildman–Crippen LogP) is 5.41. The van der Waals surface area contributed by atoms with Gasteiger partial charge in [-0.05, 0) is 63.0 Å². The molecule has 2 aromatic carbocycles. The van der Waals surface area contributed by atoms with E-state index in [1.54, 1.807) is 0 Å². The summed E-state index contributed by atoms with van der Waals surface area (Å²) in [5, 5.41) is 6.07. The summed E-state index contributed by atoms with van der Waals surface area (Å²) in [6, 6.07) is 12.9. The van der Waals surface area contributed by atoms with Crippen molar-refractivity contribution < 1.29 is 4.79 Å². The lowest BCUT2D eigenvalue weighted by molar-refractivity contribution is -0.116. The van der Waals surface area contributed by atoms with Crippen molar-refractivity contribution in [2.24, 2.45) is 0 Å². The zero-order chi connectivity index (χ0) is 15.4. The van der Waals surface area contributed by atoms with Gasteiger partial charge in [0.15, 0.2) is 0 Å². The minimum absolute atomic E-state index is 0.0945. The summed E-state index contributed by atoms with van der Waals surface area (Å²) >= 11 is 10.4. The van der Waals surface area contributed by atoms with E-state index in [9.17, 15) is 4.79 Å². The average Bonchev–Trinajstić information content (AvgIpc) is 2.43. The average molecular weight is 477 g/mol. The van der Waals surface area contributed by atoms with Gasteiger partial charge < -0.3 is 10.6 Å². The van der Waals surface area contributed by atoms with Crippen LogP contribution in [0.1, 0.15) is 6.92 Å². The lowest BCUT2D eigenvalue weighted by Crippen LogP contribution is -2.32. The van der Waals surface area contributed by atoms with Gasteiger partial charge >= 0.3 is 0 Å². The van der Waals surface area contributed by atoms with E-state index in [1.165, 1.54) is 0 Å². The zero-order valence-corrected chi connectivity index (χ0v) is 15.9. The SMILES string of the molecule is CC(Nc1c(Br)cc(Br)cc1Br)C(=O)Nc1ccccc1. The molecule has 2 rings (SSSR count). The van der Waals surface area contributed by atoms with Gasteiger partial charge in [0.25, 0.3) is 0 Å². The zero-order valence-electron chi connectivity index (χ0n) is 11.2. The van der Waals surface area contributed by atoms with Crippen molar-refractivity contribution >= 4 is 65.1 Å². The normalized spacial score (nSPS) is 11.8. The Bertz CT molecular complexity index is 624. The van der Waals surface area contributed by atoms with Crippen molar-refractivity contribution in [1.29, 1.82) is 0 Å². The van der Waals surface area contributed by atoms with Crippen LogP contribution in [0, 0.1) is 0 Å². The first-order valence-corrected chi connectivity index (χ1v) is 8.62. The number of para-hydroxylation sites is 1. The fourth-order valence-electron chi connectivity index (χ4n) is 1.73. The summed E-state index contributed by atoms with van der Waals surface area (Å²) in [6.45, 7) is 1.82. The molecule has 1 atom stereocenters. The van der Waals surface area contributed by atoms with E-state index in [0.717, 1.165) is 24.8 Å². The van der Waals surface area contributed by atoms with E-state index in [-0.39, 0.29) is 11.9 Å².